The van der Waals surface area contributed by atoms with Gasteiger partial charge < -0.3 is 14.5 Å². The number of amidine groups is 1. The first kappa shape index (κ1) is 26.3. The number of carbonyl (C=O) groups excluding carboxylic acids is 1. The van der Waals surface area contributed by atoms with E-state index in [1.54, 1.807) is 6.33 Å². The molecule has 2 aromatic carbocycles. The summed E-state index contributed by atoms with van der Waals surface area (Å²) in [5, 5.41) is 2.38. The number of piperazine rings is 1. The quantitative estimate of drug-likeness (QED) is 0.421. The molecule has 0 N–H and O–H groups in total. The molecule has 0 atom stereocenters. The first-order valence-corrected chi connectivity index (χ1v) is 14.5. The van der Waals surface area contributed by atoms with Crippen LogP contribution in [-0.4, -0.2) is 89.4 Å². The molecule has 202 valence electrons. The summed E-state index contributed by atoms with van der Waals surface area (Å²) in [5.74, 6) is -0.206. The van der Waals surface area contributed by atoms with Gasteiger partial charge >= 0.3 is 0 Å². The van der Waals surface area contributed by atoms with Crippen molar-refractivity contribution in [3.63, 3.8) is 0 Å². The van der Waals surface area contributed by atoms with E-state index in [1.807, 2.05) is 30.3 Å². The molecule has 10 heteroatoms. The second-order valence-corrected chi connectivity index (χ2v) is 11.6. The first-order valence-electron chi connectivity index (χ1n) is 13.4. The number of anilines is 1. The van der Waals surface area contributed by atoms with Gasteiger partial charge in [0.05, 0.1) is 40.0 Å². The molecule has 3 aliphatic heterocycles. The number of halogens is 1. The molecule has 0 bridgehead atoms. The third-order valence-electron chi connectivity index (χ3n) is 7.45. The molecule has 1 amide bonds. The van der Waals surface area contributed by atoms with Crippen LogP contribution in [0.4, 0.5) is 5.69 Å². The number of hydrogen-bond donors (Lipinski definition) is 0. The van der Waals surface area contributed by atoms with Crippen LogP contribution in [0, 0.1) is 0 Å². The number of carbonyl (C=O) groups is 1. The van der Waals surface area contributed by atoms with Gasteiger partial charge in [-0.2, -0.15) is 4.99 Å². The fourth-order valence-corrected chi connectivity index (χ4v) is 6.49. The highest BCUT2D eigenvalue weighted by Gasteiger charge is 2.27. The average molecular weight is 563 g/mol. The summed E-state index contributed by atoms with van der Waals surface area (Å²) in [6, 6.07) is 12.7. The summed E-state index contributed by atoms with van der Waals surface area (Å²) in [7, 11) is 0. The van der Waals surface area contributed by atoms with Gasteiger partial charge in [-0.15, -0.1) is 0 Å². The average Bonchev–Trinajstić information content (AvgIpc) is 3.33. The molecule has 0 saturated carbocycles. The number of ether oxygens (including phenoxy) is 1. The maximum absolute atomic E-state index is 12.7. The molecule has 0 unspecified atom stereocenters. The zero-order valence-corrected chi connectivity index (χ0v) is 23.7. The highest BCUT2D eigenvalue weighted by molar-refractivity contribution is 8.18. The lowest BCUT2D eigenvalue weighted by Gasteiger charge is -2.38. The number of nitrogens with zero attached hydrogens (tertiary/aromatic N) is 6. The summed E-state index contributed by atoms with van der Waals surface area (Å²) in [6.07, 6.45) is 3.48. The molecule has 4 heterocycles. The zero-order chi connectivity index (χ0) is 26.9. The van der Waals surface area contributed by atoms with Crippen molar-refractivity contribution in [3.05, 3.63) is 58.2 Å². The van der Waals surface area contributed by atoms with Gasteiger partial charge in [0.15, 0.2) is 5.17 Å². The summed E-state index contributed by atoms with van der Waals surface area (Å²) in [5.41, 5.74) is 4.54. The van der Waals surface area contributed by atoms with Gasteiger partial charge in [-0.3, -0.25) is 9.69 Å². The molecule has 2 fully saturated rings. The predicted molar refractivity (Wildman–Crippen MR) is 159 cm³/mol. The van der Waals surface area contributed by atoms with Gasteiger partial charge in [0.1, 0.15) is 6.33 Å². The largest absolute Gasteiger partial charge is 0.378 e. The Kier molecular flexibility index (Phi) is 7.57. The van der Waals surface area contributed by atoms with Crippen LogP contribution >= 0.6 is 23.4 Å². The molecule has 3 aromatic rings. The van der Waals surface area contributed by atoms with E-state index < -0.39 is 0 Å². The number of amides is 1. The van der Waals surface area contributed by atoms with E-state index in [0.717, 1.165) is 82.9 Å². The molecule has 0 radical (unpaired) electrons. The maximum Gasteiger partial charge on any atom is 0.286 e. The van der Waals surface area contributed by atoms with Crippen LogP contribution in [0.25, 0.3) is 28.2 Å². The molecular formula is C29H31ClN6O2S. The smallest absolute Gasteiger partial charge is 0.286 e. The third-order valence-corrected chi connectivity index (χ3v) is 8.80. The second-order valence-electron chi connectivity index (χ2n) is 10.2. The topological polar surface area (TPSA) is 74.2 Å². The van der Waals surface area contributed by atoms with Crippen LogP contribution in [0.15, 0.2) is 52.6 Å². The van der Waals surface area contributed by atoms with E-state index in [2.05, 4.69) is 55.6 Å². The van der Waals surface area contributed by atoms with Crippen LogP contribution in [0.5, 0.6) is 0 Å². The Morgan fingerprint density at radius 1 is 0.974 bits per heavy atom. The summed E-state index contributed by atoms with van der Waals surface area (Å²) >= 11 is 8.25. The number of thioether (sulfide) groups is 1. The maximum atomic E-state index is 12.7. The molecule has 8 nitrogen and oxygen atoms in total. The number of fused-ring (bicyclic) bond motifs is 1. The molecular weight excluding hydrogens is 532 g/mol. The minimum absolute atomic E-state index is 0.206. The molecule has 2 saturated heterocycles. The number of aromatic nitrogens is 2. The minimum Gasteiger partial charge on any atom is -0.378 e. The Morgan fingerprint density at radius 2 is 1.77 bits per heavy atom. The highest BCUT2D eigenvalue weighted by atomic mass is 35.5. The van der Waals surface area contributed by atoms with Crippen molar-refractivity contribution in [3.8, 4) is 11.3 Å². The lowest BCUT2D eigenvalue weighted by atomic mass is 10.0. The van der Waals surface area contributed by atoms with Crippen molar-refractivity contribution in [1.29, 1.82) is 0 Å². The normalized spacial score (nSPS) is 19.9. The SMILES string of the molecule is CC(C)N1CCN(c2ccc(-c3ncnc4ccc(/C=C5\SC(N6CCOCC6)=NC5=O)cc34)cc2Cl)CC1. The van der Waals surface area contributed by atoms with E-state index in [-0.39, 0.29) is 5.91 Å². The number of rotatable bonds is 4. The standard InChI is InChI=1S/C29H31ClN6O2S/c1-19(2)34-7-9-35(10-8-34)25-6-4-21(17-23(25)30)27-22-15-20(3-5-24(22)31-18-32-27)16-26-28(37)33-29(39-26)36-11-13-38-14-12-36/h3-6,15-19H,7-14H2,1-2H3/b26-16-. The van der Waals surface area contributed by atoms with Crippen molar-refractivity contribution >= 4 is 57.1 Å². The van der Waals surface area contributed by atoms with E-state index in [4.69, 9.17) is 16.3 Å². The lowest BCUT2D eigenvalue weighted by Crippen LogP contribution is -2.49. The Morgan fingerprint density at radius 3 is 2.51 bits per heavy atom. The van der Waals surface area contributed by atoms with E-state index in [9.17, 15) is 4.79 Å². The van der Waals surface area contributed by atoms with Crippen molar-refractivity contribution < 1.29 is 9.53 Å². The second kappa shape index (κ2) is 11.3. The minimum atomic E-state index is -0.206. The van der Waals surface area contributed by atoms with Crippen molar-refractivity contribution in [1.82, 2.24) is 19.8 Å². The van der Waals surface area contributed by atoms with E-state index >= 15 is 0 Å². The number of morpholine rings is 1. The van der Waals surface area contributed by atoms with Crippen molar-refractivity contribution in [2.24, 2.45) is 4.99 Å². The molecule has 0 spiro atoms. The van der Waals surface area contributed by atoms with Gasteiger partial charge in [-0.25, -0.2) is 9.97 Å². The Hall–Kier alpha value is -2.98. The molecule has 1 aromatic heterocycles. The lowest BCUT2D eigenvalue weighted by molar-refractivity contribution is -0.113. The Balaban J connectivity index is 1.25. The van der Waals surface area contributed by atoms with E-state index in [1.165, 1.54) is 11.8 Å². The molecule has 0 aliphatic carbocycles. The van der Waals surface area contributed by atoms with Gasteiger partial charge in [0.2, 0.25) is 0 Å². The third kappa shape index (κ3) is 5.54. The Bertz CT molecular complexity index is 1460. The van der Waals surface area contributed by atoms with E-state index in [0.29, 0.717) is 24.2 Å². The summed E-state index contributed by atoms with van der Waals surface area (Å²) < 4.78 is 5.42. The first-order chi connectivity index (χ1) is 19.0. The van der Waals surface area contributed by atoms with Crippen LogP contribution in [0.3, 0.4) is 0 Å². The number of benzene rings is 2. The van der Waals surface area contributed by atoms with Crippen molar-refractivity contribution in [2.45, 2.75) is 19.9 Å². The molecule has 6 rings (SSSR count). The van der Waals surface area contributed by atoms with Gasteiger partial charge in [0.25, 0.3) is 5.91 Å². The molecule has 3 aliphatic rings. The van der Waals surface area contributed by atoms with Gasteiger partial charge in [-0.05, 0) is 61.5 Å². The van der Waals surface area contributed by atoms with Crippen LogP contribution in [0.2, 0.25) is 5.02 Å². The van der Waals surface area contributed by atoms with Gasteiger partial charge in [-0.1, -0.05) is 23.7 Å². The monoisotopic (exact) mass is 562 g/mol. The van der Waals surface area contributed by atoms with Crippen LogP contribution < -0.4 is 4.90 Å². The fourth-order valence-electron chi connectivity index (χ4n) is 5.22. The van der Waals surface area contributed by atoms with Gasteiger partial charge in [0, 0.05) is 56.3 Å². The number of hydrogen-bond acceptors (Lipinski definition) is 8. The zero-order valence-electron chi connectivity index (χ0n) is 22.1. The van der Waals surface area contributed by atoms with Crippen LogP contribution in [0.1, 0.15) is 19.4 Å². The highest BCUT2D eigenvalue weighted by Crippen LogP contribution is 2.35. The van der Waals surface area contributed by atoms with Crippen LogP contribution in [-0.2, 0) is 9.53 Å². The van der Waals surface area contributed by atoms with Crippen molar-refractivity contribution in [2.75, 3.05) is 57.4 Å². The molecule has 39 heavy (non-hydrogen) atoms. The summed E-state index contributed by atoms with van der Waals surface area (Å²) in [4.78, 5) is 33.6. The number of aliphatic imine (C=N–C) groups is 1. The fraction of sp³-hybridized carbons (Fsp3) is 0.379. The Labute approximate surface area is 237 Å². The summed E-state index contributed by atoms with van der Waals surface area (Å²) in [6.45, 7) is 11.3. The predicted octanol–water partition coefficient (Wildman–Crippen LogP) is 4.78.